The Morgan fingerprint density at radius 3 is 2.33 bits per heavy atom. The van der Waals surface area contributed by atoms with Crippen molar-refractivity contribution in [3.05, 3.63) is 40.9 Å². The lowest BCUT2D eigenvalue weighted by atomic mass is 10.2. The summed E-state index contributed by atoms with van der Waals surface area (Å²) in [5.74, 6) is 0.816. The predicted molar refractivity (Wildman–Crippen MR) is 81.7 cm³/mol. The van der Waals surface area contributed by atoms with Crippen LogP contribution in [0.5, 0.6) is 23.0 Å². The summed E-state index contributed by atoms with van der Waals surface area (Å²) in [5, 5.41) is 22.4. The van der Waals surface area contributed by atoms with Crippen LogP contribution in [0.4, 0.5) is 5.69 Å². The van der Waals surface area contributed by atoms with Crippen LogP contribution in [0.25, 0.3) is 0 Å². The quantitative estimate of drug-likeness (QED) is 0.739. The highest BCUT2D eigenvalue weighted by Gasteiger charge is 2.10. The van der Waals surface area contributed by atoms with Gasteiger partial charge in [0.05, 0.1) is 24.9 Å². The van der Waals surface area contributed by atoms with E-state index in [1.165, 1.54) is 19.2 Å². The maximum Gasteiger partial charge on any atom is 0.157 e. The number of phenolic OH excluding ortho intramolecular Hbond substituents is 2. The molecule has 0 aliphatic rings. The lowest BCUT2D eigenvalue weighted by molar-refractivity contribution is 0.403. The molecule has 5 nitrogen and oxygen atoms in total. The zero-order valence-electron chi connectivity index (χ0n) is 11.7. The van der Waals surface area contributed by atoms with E-state index in [1.54, 1.807) is 25.3 Å². The molecule has 0 radical (unpaired) electrons. The summed E-state index contributed by atoms with van der Waals surface area (Å²) in [7, 11) is 3.09. The first-order valence-electron chi connectivity index (χ1n) is 6.21. The number of aromatic hydroxyl groups is 2. The summed E-state index contributed by atoms with van der Waals surface area (Å²) >= 11 is 6.04. The fraction of sp³-hybridized carbons (Fsp3) is 0.200. The molecular formula is C15H16ClNO4. The first-order valence-corrected chi connectivity index (χ1v) is 6.59. The van der Waals surface area contributed by atoms with Gasteiger partial charge in [-0.3, -0.25) is 0 Å². The van der Waals surface area contributed by atoms with E-state index < -0.39 is 0 Å². The van der Waals surface area contributed by atoms with E-state index in [9.17, 15) is 10.2 Å². The molecule has 21 heavy (non-hydrogen) atoms. The Morgan fingerprint density at radius 2 is 1.71 bits per heavy atom. The summed E-state index contributed by atoms with van der Waals surface area (Å²) in [6.45, 7) is 0.439. The van der Waals surface area contributed by atoms with Crippen LogP contribution in [-0.2, 0) is 6.54 Å². The van der Waals surface area contributed by atoms with Crippen LogP contribution in [0.1, 0.15) is 5.56 Å². The molecule has 0 amide bonds. The van der Waals surface area contributed by atoms with Crippen LogP contribution in [0.2, 0.25) is 5.02 Å². The van der Waals surface area contributed by atoms with E-state index in [4.69, 9.17) is 21.1 Å². The van der Waals surface area contributed by atoms with Gasteiger partial charge in [-0.05, 0) is 17.7 Å². The van der Waals surface area contributed by atoms with Crippen molar-refractivity contribution in [3.8, 4) is 23.0 Å². The van der Waals surface area contributed by atoms with Crippen molar-refractivity contribution in [3.63, 3.8) is 0 Å². The van der Waals surface area contributed by atoms with Crippen molar-refractivity contribution in [2.24, 2.45) is 0 Å². The second-order valence-electron chi connectivity index (χ2n) is 4.36. The second kappa shape index (κ2) is 6.45. The highest BCUT2D eigenvalue weighted by molar-refractivity contribution is 6.32. The third-order valence-corrected chi connectivity index (χ3v) is 3.29. The number of benzene rings is 2. The zero-order valence-corrected chi connectivity index (χ0v) is 12.4. The maximum absolute atomic E-state index is 9.48. The molecule has 0 saturated heterocycles. The van der Waals surface area contributed by atoms with Crippen LogP contribution in [0.3, 0.4) is 0 Å². The van der Waals surface area contributed by atoms with E-state index in [-0.39, 0.29) is 11.5 Å². The van der Waals surface area contributed by atoms with Gasteiger partial charge in [-0.15, -0.1) is 0 Å². The lowest BCUT2D eigenvalue weighted by Crippen LogP contribution is -2.02. The zero-order chi connectivity index (χ0) is 15.4. The van der Waals surface area contributed by atoms with Crippen molar-refractivity contribution in [1.29, 1.82) is 0 Å². The van der Waals surface area contributed by atoms with Crippen LogP contribution in [-0.4, -0.2) is 24.4 Å². The Bertz CT molecular complexity index is 646. The van der Waals surface area contributed by atoms with E-state index in [0.717, 1.165) is 5.56 Å². The van der Waals surface area contributed by atoms with E-state index in [1.807, 2.05) is 0 Å². The molecule has 2 rings (SSSR count). The summed E-state index contributed by atoms with van der Waals surface area (Å²) in [4.78, 5) is 0. The second-order valence-corrected chi connectivity index (χ2v) is 4.77. The SMILES string of the molecule is COc1cc(NCc2ccc(O)c(O)c2)c(OC)cc1Cl. The first-order chi connectivity index (χ1) is 10.0. The predicted octanol–water partition coefficient (Wildman–Crippen LogP) is 3.38. The van der Waals surface area contributed by atoms with Gasteiger partial charge in [0, 0.05) is 18.7 Å². The summed E-state index contributed by atoms with van der Waals surface area (Å²) in [5.41, 5.74) is 1.52. The standard InChI is InChI=1S/C15H16ClNO4/c1-20-14-7-11(15(21-2)6-10(14)16)17-8-9-3-4-12(18)13(19)5-9/h3-7,17-19H,8H2,1-2H3. The highest BCUT2D eigenvalue weighted by Crippen LogP contribution is 2.36. The van der Waals surface area contributed by atoms with Crippen molar-refractivity contribution in [2.75, 3.05) is 19.5 Å². The Labute approximate surface area is 127 Å². The number of hydrogen-bond acceptors (Lipinski definition) is 5. The molecule has 6 heteroatoms. The lowest BCUT2D eigenvalue weighted by Gasteiger charge is -2.14. The maximum atomic E-state index is 9.48. The molecule has 2 aromatic rings. The number of anilines is 1. The van der Waals surface area contributed by atoms with Crippen molar-refractivity contribution in [2.45, 2.75) is 6.54 Å². The average Bonchev–Trinajstić information content (AvgIpc) is 2.48. The van der Waals surface area contributed by atoms with Gasteiger partial charge in [-0.25, -0.2) is 0 Å². The molecule has 3 N–H and O–H groups in total. The van der Waals surface area contributed by atoms with Crippen LogP contribution in [0, 0.1) is 0 Å². The van der Waals surface area contributed by atoms with Gasteiger partial charge in [-0.1, -0.05) is 17.7 Å². The van der Waals surface area contributed by atoms with Gasteiger partial charge in [0.15, 0.2) is 11.5 Å². The monoisotopic (exact) mass is 309 g/mol. The number of methoxy groups -OCH3 is 2. The van der Waals surface area contributed by atoms with Gasteiger partial charge < -0.3 is 25.0 Å². The molecule has 0 fully saturated rings. The van der Waals surface area contributed by atoms with Crippen molar-refractivity contribution in [1.82, 2.24) is 0 Å². The minimum absolute atomic E-state index is 0.149. The Hall–Kier alpha value is -2.27. The largest absolute Gasteiger partial charge is 0.504 e. The molecule has 0 spiro atoms. The average molecular weight is 310 g/mol. The minimum Gasteiger partial charge on any atom is -0.504 e. The number of halogens is 1. The minimum atomic E-state index is -0.157. The van der Waals surface area contributed by atoms with Gasteiger partial charge in [-0.2, -0.15) is 0 Å². The van der Waals surface area contributed by atoms with Crippen LogP contribution in [0.15, 0.2) is 30.3 Å². The van der Waals surface area contributed by atoms with Crippen LogP contribution >= 0.6 is 11.6 Å². The number of ether oxygens (including phenoxy) is 2. The Kier molecular flexibility index (Phi) is 4.65. The molecule has 0 heterocycles. The third-order valence-electron chi connectivity index (χ3n) is 3.00. The fourth-order valence-electron chi connectivity index (χ4n) is 1.87. The first kappa shape index (κ1) is 15.1. The van der Waals surface area contributed by atoms with Gasteiger partial charge >= 0.3 is 0 Å². The van der Waals surface area contributed by atoms with E-state index in [0.29, 0.717) is 28.8 Å². The number of nitrogens with one attached hydrogen (secondary N) is 1. The molecule has 2 aromatic carbocycles. The summed E-state index contributed by atoms with van der Waals surface area (Å²) < 4.78 is 10.4. The van der Waals surface area contributed by atoms with Crippen molar-refractivity contribution >= 4 is 17.3 Å². The van der Waals surface area contributed by atoms with Gasteiger partial charge in [0.25, 0.3) is 0 Å². The highest BCUT2D eigenvalue weighted by atomic mass is 35.5. The molecule has 0 aliphatic heterocycles. The number of hydrogen-bond donors (Lipinski definition) is 3. The molecule has 112 valence electrons. The molecule has 0 aliphatic carbocycles. The summed E-state index contributed by atoms with van der Waals surface area (Å²) in [6, 6.07) is 8.04. The summed E-state index contributed by atoms with van der Waals surface area (Å²) in [6.07, 6.45) is 0. The topological polar surface area (TPSA) is 71.0 Å². The van der Waals surface area contributed by atoms with E-state index >= 15 is 0 Å². The third kappa shape index (κ3) is 3.44. The molecule has 0 bridgehead atoms. The molecule has 0 saturated carbocycles. The number of rotatable bonds is 5. The van der Waals surface area contributed by atoms with Gasteiger partial charge in [0.2, 0.25) is 0 Å². The van der Waals surface area contributed by atoms with Gasteiger partial charge in [0.1, 0.15) is 11.5 Å². The molecular weight excluding hydrogens is 294 g/mol. The smallest absolute Gasteiger partial charge is 0.157 e. The van der Waals surface area contributed by atoms with Crippen molar-refractivity contribution < 1.29 is 19.7 Å². The molecule has 0 atom stereocenters. The Morgan fingerprint density at radius 1 is 1.00 bits per heavy atom. The Balaban J connectivity index is 2.20. The van der Waals surface area contributed by atoms with E-state index in [2.05, 4.69) is 5.32 Å². The van der Waals surface area contributed by atoms with Crippen LogP contribution < -0.4 is 14.8 Å². The normalized spacial score (nSPS) is 10.2. The fourth-order valence-corrected chi connectivity index (χ4v) is 2.11. The molecule has 0 aromatic heterocycles. The molecule has 0 unspecified atom stereocenters. The number of phenols is 2.